The Hall–Kier alpha value is -1.32. The molecule has 0 spiro atoms. The van der Waals surface area contributed by atoms with Crippen LogP contribution in [0.2, 0.25) is 0 Å². The van der Waals surface area contributed by atoms with E-state index in [9.17, 15) is 9.59 Å². The summed E-state index contributed by atoms with van der Waals surface area (Å²) in [6.07, 6.45) is 2.00. The minimum absolute atomic E-state index is 0.232. The highest BCUT2D eigenvalue weighted by Crippen LogP contribution is 2.04. The van der Waals surface area contributed by atoms with E-state index >= 15 is 0 Å². The molecule has 4 heteroatoms. The SMILES string of the molecule is CC(C)CN(CC(C)C)C(=O)/C=C\C(=O)O. The molecule has 0 aromatic rings. The lowest BCUT2D eigenvalue weighted by molar-refractivity contribution is -0.132. The number of aliphatic carboxylic acids is 1. The molecule has 0 bridgehead atoms. The van der Waals surface area contributed by atoms with Gasteiger partial charge in [-0.3, -0.25) is 4.79 Å². The fourth-order valence-electron chi connectivity index (χ4n) is 1.38. The molecule has 0 unspecified atom stereocenters. The Morgan fingerprint density at radius 1 is 1.06 bits per heavy atom. The maximum atomic E-state index is 11.7. The Kier molecular flexibility index (Phi) is 6.46. The van der Waals surface area contributed by atoms with E-state index in [1.54, 1.807) is 4.90 Å². The summed E-state index contributed by atoms with van der Waals surface area (Å²) in [6.45, 7) is 9.42. The van der Waals surface area contributed by atoms with Crippen molar-refractivity contribution in [3.8, 4) is 0 Å². The number of rotatable bonds is 6. The Morgan fingerprint density at radius 3 is 1.81 bits per heavy atom. The number of carboxylic acids is 1. The molecule has 0 rings (SSSR count). The number of carbonyl (C=O) groups excluding carboxylic acids is 1. The zero-order valence-electron chi connectivity index (χ0n) is 10.4. The van der Waals surface area contributed by atoms with E-state index in [4.69, 9.17) is 5.11 Å². The predicted octanol–water partition coefficient (Wildman–Crippen LogP) is 1.77. The summed E-state index contributed by atoms with van der Waals surface area (Å²) < 4.78 is 0. The number of carboxylic acid groups (broad SMARTS) is 1. The number of carbonyl (C=O) groups is 2. The summed E-state index contributed by atoms with van der Waals surface area (Å²) in [4.78, 5) is 23.7. The van der Waals surface area contributed by atoms with Crippen molar-refractivity contribution in [2.45, 2.75) is 27.7 Å². The van der Waals surface area contributed by atoms with Crippen LogP contribution in [0.1, 0.15) is 27.7 Å². The minimum Gasteiger partial charge on any atom is -0.478 e. The van der Waals surface area contributed by atoms with Crippen LogP contribution in [0.5, 0.6) is 0 Å². The molecule has 0 aliphatic rings. The quantitative estimate of drug-likeness (QED) is 0.703. The second-order valence-corrected chi connectivity index (χ2v) is 4.70. The van der Waals surface area contributed by atoms with E-state index in [-0.39, 0.29) is 5.91 Å². The van der Waals surface area contributed by atoms with Crippen molar-refractivity contribution in [2.75, 3.05) is 13.1 Å². The molecule has 0 heterocycles. The van der Waals surface area contributed by atoms with Crippen molar-refractivity contribution in [3.05, 3.63) is 12.2 Å². The van der Waals surface area contributed by atoms with Crippen molar-refractivity contribution >= 4 is 11.9 Å². The third kappa shape index (κ3) is 7.04. The Morgan fingerprint density at radius 2 is 1.50 bits per heavy atom. The van der Waals surface area contributed by atoms with Crippen LogP contribution in [0.3, 0.4) is 0 Å². The first-order chi connectivity index (χ1) is 7.32. The van der Waals surface area contributed by atoms with E-state index in [2.05, 4.69) is 0 Å². The molecule has 0 saturated heterocycles. The van der Waals surface area contributed by atoms with Gasteiger partial charge in [-0.05, 0) is 11.8 Å². The van der Waals surface area contributed by atoms with Crippen LogP contribution < -0.4 is 0 Å². The van der Waals surface area contributed by atoms with Gasteiger partial charge in [0.25, 0.3) is 0 Å². The number of amides is 1. The van der Waals surface area contributed by atoms with Gasteiger partial charge in [-0.15, -0.1) is 0 Å². The highest BCUT2D eigenvalue weighted by atomic mass is 16.4. The monoisotopic (exact) mass is 227 g/mol. The highest BCUT2D eigenvalue weighted by Gasteiger charge is 2.13. The Labute approximate surface area is 96.9 Å². The molecule has 1 N–H and O–H groups in total. The average Bonchev–Trinajstić information content (AvgIpc) is 2.11. The highest BCUT2D eigenvalue weighted by molar-refractivity contribution is 5.93. The van der Waals surface area contributed by atoms with Gasteiger partial charge >= 0.3 is 5.97 Å². The molecule has 4 nitrogen and oxygen atoms in total. The molecule has 0 aliphatic carbocycles. The van der Waals surface area contributed by atoms with Gasteiger partial charge in [-0.2, -0.15) is 0 Å². The molecular formula is C12H21NO3. The van der Waals surface area contributed by atoms with E-state index in [1.807, 2.05) is 27.7 Å². The number of hydrogen-bond acceptors (Lipinski definition) is 2. The third-order valence-corrected chi connectivity index (χ3v) is 1.85. The standard InChI is InChI=1S/C12H21NO3/c1-9(2)7-13(8-10(3)4)11(14)5-6-12(15)16/h5-6,9-10H,7-8H2,1-4H3,(H,15,16)/b6-5-. The van der Waals surface area contributed by atoms with Crippen molar-refractivity contribution < 1.29 is 14.7 Å². The van der Waals surface area contributed by atoms with Gasteiger partial charge < -0.3 is 10.0 Å². The molecule has 16 heavy (non-hydrogen) atoms. The molecule has 0 saturated carbocycles. The van der Waals surface area contributed by atoms with Gasteiger partial charge in [0, 0.05) is 25.2 Å². The second kappa shape index (κ2) is 7.04. The number of hydrogen-bond donors (Lipinski definition) is 1. The summed E-state index contributed by atoms with van der Waals surface area (Å²) in [5.41, 5.74) is 0. The Balaban J connectivity index is 4.49. The van der Waals surface area contributed by atoms with Crippen LogP contribution in [0, 0.1) is 11.8 Å². The van der Waals surface area contributed by atoms with Crippen LogP contribution >= 0.6 is 0 Å². The lowest BCUT2D eigenvalue weighted by Gasteiger charge is -2.25. The van der Waals surface area contributed by atoms with E-state index in [1.165, 1.54) is 0 Å². The summed E-state index contributed by atoms with van der Waals surface area (Å²) in [7, 11) is 0. The van der Waals surface area contributed by atoms with Gasteiger partial charge in [0.15, 0.2) is 0 Å². The molecule has 92 valence electrons. The summed E-state index contributed by atoms with van der Waals surface area (Å²) in [6, 6.07) is 0. The van der Waals surface area contributed by atoms with Crippen LogP contribution in [0.25, 0.3) is 0 Å². The van der Waals surface area contributed by atoms with E-state index in [0.29, 0.717) is 24.9 Å². The molecular weight excluding hydrogens is 206 g/mol. The van der Waals surface area contributed by atoms with Gasteiger partial charge in [-0.25, -0.2) is 4.79 Å². The zero-order chi connectivity index (χ0) is 12.7. The fraction of sp³-hybridized carbons (Fsp3) is 0.667. The molecule has 0 fully saturated rings. The molecule has 0 aromatic carbocycles. The zero-order valence-corrected chi connectivity index (χ0v) is 10.4. The maximum absolute atomic E-state index is 11.7. The van der Waals surface area contributed by atoms with Crippen LogP contribution in [-0.4, -0.2) is 35.0 Å². The molecule has 1 amide bonds. The van der Waals surface area contributed by atoms with Crippen molar-refractivity contribution in [1.29, 1.82) is 0 Å². The van der Waals surface area contributed by atoms with Crippen LogP contribution in [0.4, 0.5) is 0 Å². The maximum Gasteiger partial charge on any atom is 0.328 e. The summed E-state index contributed by atoms with van der Waals surface area (Å²) in [5, 5.41) is 8.45. The first-order valence-electron chi connectivity index (χ1n) is 5.52. The minimum atomic E-state index is -1.10. The van der Waals surface area contributed by atoms with Gasteiger partial charge in [0.2, 0.25) is 5.91 Å². The average molecular weight is 227 g/mol. The molecule has 0 aromatic heterocycles. The molecule has 0 aliphatic heterocycles. The summed E-state index contributed by atoms with van der Waals surface area (Å²) >= 11 is 0. The summed E-state index contributed by atoms with van der Waals surface area (Å²) in [5.74, 6) is -0.575. The van der Waals surface area contributed by atoms with Crippen molar-refractivity contribution in [3.63, 3.8) is 0 Å². The van der Waals surface area contributed by atoms with Crippen LogP contribution in [-0.2, 0) is 9.59 Å². The van der Waals surface area contributed by atoms with E-state index < -0.39 is 5.97 Å². The normalized spacial score (nSPS) is 11.4. The lowest BCUT2D eigenvalue weighted by Crippen LogP contribution is -2.35. The molecule has 0 atom stereocenters. The number of nitrogens with zero attached hydrogens (tertiary/aromatic N) is 1. The van der Waals surface area contributed by atoms with Crippen molar-refractivity contribution in [2.24, 2.45) is 11.8 Å². The van der Waals surface area contributed by atoms with Crippen LogP contribution in [0.15, 0.2) is 12.2 Å². The van der Waals surface area contributed by atoms with Gasteiger partial charge in [0.1, 0.15) is 0 Å². The van der Waals surface area contributed by atoms with Crippen molar-refractivity contribution in [1.82, 2.24) is 4.90 Å². The topological polar surface area (TPSA) is 57.6 Å². The van der Waals surface area contributed by atoms with Gasteiger partial charge in [-0.1, -0.05) is 27.7 Å². The first-order valence-corrected chi connectivity index (χ1v) is 5.52. The molecule has 0 radical (unpaired) electrons. The lowest BCUT2D eigenvalue weighted by atomic mass is 10.1. The smallest absolute Gasteiger partial charge is 0.328 e. The largest absolute Gasteiger partial charge is 0.478 e. The fourth-order valence-corrected chi connectivity index (χ4v) is 1.38. The van der Waals surface area contributed by atoms with Gasteiger partial charge in [0.05, 0.1) is 0 Å². The third-order valence-electron chi connectivity index (χ3n) is 1.85. The second-order valence-electron chi connectivity index (χ2n) is 4.70. The first kappa shape index (κ1) is 14.7. The van der Waals surface area contributed by atoms with E-state index in [0.717, 1.165) is 12.2 Å². The predicted molar refractivity (Wildman–Crippen MR) is 63.0 cm³/mol. The Bertz CT molecular complexity index is 259.